The van der Waals surface area contributed by atoms with Crippen molar-refractivity contribution in [3.05, 3.63) is 76.5 Å². The maximum absolute atomic E-state index is 14.3. The SMILES string of the molecule is COc1cc(NC(=O)c2cnn(-c3cccc4c(=O)[nH]ccc34)c2C(F)(F)F)cc(OCC(=O)OCC(C)C)c1. The number of pyridine rings is 1. The lowest BCUT2D eigenvalue weighted by atomic mass is 10.1. The minimum atomic E-state index is -4.98. The number of halogens is 3. The number of esters is 1. The van der Waals surface area contributed by atoms with Gasteiger partial charge in [0.1, 0.15) is 11.5 Å². The van der Waals surface area contributed by atoms with Crippen LogP contribution in [0.4, 0.5) is 18.9 Å². The molecule has 1 amide bonds. The van der Waals surface area contributed by atoms with Gasteiger partial charge in [-0.2, -0.15) is 18.3 Å². The zero-order valence-electron chi connectivity index (χ0n) is 21.7. The highest BCUT2D eigenvalue weighted by Gasteiger charge is 2.41. The number of aromatic nitrogens is 3. The van der Waals surface area contributed by atoms with Crippen molar-refractivity contribution in [2.24, 2.45) is 5.92 Å². The lowest BCUT2D eigenvalue weighted by Gasteiger charge is -2.15. The predicted molar refractivity (Wildman–Crippen MR) is 139 cm³/mol. The molecule has 0 fully saturated rings. The largest absolute Gasteiger partial charge is 0.497 e. The molecule has 2 aromatic heterocycles. The number of carbonyl (C=O) groups excluding carboxylic acids is 2. The lowest BCUT2D eigenvalue weighted by Crippen LogP contribution is -2.21. The molecule has 40 heavy (non-hydrogen) atoms. The minimum Gasteiger partial charge on any atom is -0.497 e. The van der Waals surface area contributed by atoms with Gasteiger partial charge >= 0.3 is 12.1 Å². The summed E-state index contributed by atoms with van der Waals surface area (Å²) >= 11 is 0. The molecule has 0 aliphatic carbocycles. The number of nitrogens with zero attached hydrogens (tertiary/aromatic N) is 2. The molecule has 0 unspecified atom stereocenters. The van der Waals surface area contributed by atoms with Gasteiger partial charge in [-0.05, 0) is 24.1 Å². The van der Waals surface area contributed by atoms with Crippen LogP contribution in [0.1, 0.15) is 29.9 Å². The van der Waals surface area contributed by atoms with Crippen molar-refractivity contribution < 1.29 is 37.0 Å². The van der Waals surface area contributed by atoms with E-state index in [1.54, 1.807) is 0 Å². The molecule has 210 valence electrons. The number of H-pyrrole nitrogens is 1. The Morgan fingerprint density at radius 1 is 1.10 bits per heavy atom. The van der Waals surface area contributed by atoms with Crippen molar-refractivity contribution in [1.82, 2.24) is 14.8 Å². The Kier molecular flexibility index (Phi) is 8.12. The summed E-state index contributed by atoms with van der Waals surface area (Å²) in [6, 6.07) is 9.83. The number of benzene rings is 2. The van der Waals surface area contributed by atoms with Gasteiger partial charge in [0.15, 0.2) is 12.3 Å². The fraction of sp³-hybridized carbons (Fsp3) is 0.259. The summed E-state index contributed by atoms with van der Waals surface area (Å²) in [6.07, 6.45) is -2.87. The number of anilines is 1. The average molecular weight is 559 g/mol. The normalized spacial score (nSPS) is 11.5. The number of alkyl halides is 3. The summed E-state index contributed by atoms with van der Waals surface area (Å²) in [5.41, 5.74) is -2.55. The van der Waals surface area contributed by atoms with Crippen LogP contribution < -0.4 is 20.3 Å². The van der Waals surface area contributed by atoms with Crippen molar-refractivity contribution in [2.45, 2.75) is 20.0 Å². The molecule has 0 radical (unpaired) electrons. The Labute approximate surface area is 225 Å². The van der Waals surface area contributed by atoms with E-state index < -0.39 is 41.5 Å². The predicted octanol–water partition coefficient (Wildman–Crippen LogP) is 4.57. The van der Waals surface area contributed by atoms with Crippen molar-refractivity contribution >= 4 is 28.3 Å². The zero-order valence-corrected chi connectivity index (χ0v) is 21.7. The molecule has 0 saturated carbocycles. The summed E-state index contributed by atoms with van der Waals surface area (Å²) in [7, 11) is 1.35. The van der Waals surface area contributed by atoms with E-state index in [2.05, 4.69) is 15.4 Å². The maximum atomic E-state index is 14.3. The number of amides is 1. The highest BCUT2D eigenvalue weighted by Crippen LogP contribution is 2.35. The zero-order chi connectivity index (χ0) is 29.0. The molecule has 0 aliphatic heterocycles. The number of hydrogen-bond donors (Lipinski definition) is 2. The van der Waals surface area contributed by atoms with Gasteiger partial charge in [0.2, 0.25) is 0 Å². The second kappa shape index (κ2) is 11.5. The number of methoxy groups -OCH3 is 1. The van der Waals surface area contributed by atoms with Crippen LogP contribution in [0.25, 0.3) is 16.5 Å². The highest BCUT2D eigenvalue weighted by atomic mass is 19.4. The summed E-state index contributed by atoms with van der Waals surface area (Å²) in [4.78, 5) is 39.6. The molecule has 0 aliphatic rings. The molecule has 0 saturated heterocycles. The number of nitrogens with one attached hydrogen (secondary N) is 2. The molecule has 2 aromatic carbocycles. The number of ether oxygens (including phenoxy) is 3. The molecule has 10 nitrogen and oxygen atoms in total. The Morgan fingerprint density at radius 2 is 1.85 bits per heavy atom. The fourth-order valence-corrected chi connectivity index (χ4v) is 3.85. The summed E-state index contributed by atoms with van der Waals surface area (Å²) in [6.45, 7) is 3.54. The minimum absolute atomic E-state index is 0.0311. The van der Waals surface area contributed by atoms with Crippen molar-refractivity contribution in [2.75, 3.05) is 25.6 Å². The molecule has 13 heteroatoms. The molecular formula is C27H25F3N4O6. The van der Waals surface area contributed by atoms with Crippen LogP contribution in [0.15, 0.2) is 59.7 Å². The molecule has 4 rings (SSSR count). The van der Waals surface area contributed by atoms with Crippen molar-refractivity contribution in [1.29, 1.82) is 0 Å². The van der Waals surface area contributed by atoms with Gasteiger partial charge in [-0.1, -0.05) is 19.9 Å². The van der Waals surface area contributed by atoms with Gasteiger partial charge in [-0.15, -0.1) is 0 Å². The quantitative estimate of drug-likeness (QED) is 0.288. The van der Waals surface area contributed by atoms with E-state index in [1.165, 1.54) is 55.8 Å². The molecule has 2 N–H and O–H groups in total. The maximum Gasteiger partial charge on any atom is 0.434 e. The monoisotopic (exact) mass is 558 g/mol. The van der Waals surface area contributed by atoms with E-state index in [0.29, 0.717) is 4.68 Å². The van der Waals surface area contributed by atoms with Gasteiger partial charge in [0.05, 0.1) is 31.2 Å². The average Bonchev–Trinajstić information content (AvgIpc) is 3.37. The van der Waals surface area contributed by atoms with E-state index in [-0.39, 0.29) is 46.2 Å². The second-order valence-corrected chi connectivity index (χ2v) is 9.08. The van der Waals surface area contributed by atoms with Crippen LogP contribution in [-0.2, 0) is 15.7 Å². The van der Waals surface area contributed by atoms with Crippen LogP contribution in [0, 0.1) is 5.92 Å². The van der Waals surface area contributed by atoms with E-state index in [9.17, 15) is 27.6 Å². The summed E-state index contributed by atoms with van der Waals surface area (Å²) in [5, 5.41) is 6.62. The molecule has 4 aromatic rings. The first kappa shape index (κ1) is 28.2. The van der Waals surface area contributed by atoms with E-state index in [1.807, 2.05) is 13.8 Å². The summed E-state index contributed by atoms with van der Waals surface area (Å²) in [5.74, 6) is -1.25. The Morgan fingerprint density at radius 3 is 2.55 bits per heavy atom. The Hall–Kier alpha value is -4.81. The van der Waals surface area contributed by atoms with Gasteiger partial charge in [0, 0.05) is 40.9 Å². The van der Waals surface area contributed by atoms with E-state index in [4.69, 9.17) is 14.2 Å². The third-order valence-electron chi connectivity index (χ3n) is 5.61. The molecule has 2 heterocycles. The number of aromatic amines is 1. The van der Waals surface area contributed by atoms with Crippen LogP contribution >= 0.6 is 0 Å². The van der Waals surface area contributed by atoms with Gasteiger partial charge in [-0.25, -0.2) is 9.48 Å². The first-order chi connectivity index (χ1) is 19.0. The number of fused-ring (bicyclic) bond motifs is 1. The Bertz CT molecular complexity index is 1610. The molecule has 0 atom stereocenters. The van der Waals surface area contributed by atoms with Crippen LogP contribution in [-0.4, -0.2) is 47.0 Å². The summed E-state index contributed by atoms with van der Waals surface area (Å²) < 4.78 is 59.1. The standard InChI is InChI=1S/C27H25F3N4O6/c1-15(2)13-40-23(35)14-39-18-10-16(9-17(11-18)38-3)33-26(37)21-12-32-34(24(21)27(28,29)30)22-6-4-5-20-19(22)7-8-31-25(20)36/h4-12,15H,13-14H2,1-3H3,(H,31,36)(H,33,37). The number of rotatable bonds is 9. The fourth-order valence-electron chi connectivity index (χ4n) is 3.85. The second-order valence-electron chi connectivity index (χ2n) is 9.08. The van der Waals surface area contributed by atoms with Crippen LogP contribution in [0.5, 0.6) is 11.5 Å². The van der Waals surface area contributed by atoms with Crippen LogP contribution in [0.3, 0.4) is 0 Å². The van der Waals surface area contributed by atoms with Gasteiger partial charge < -0.3 is 24.5 Å². The first-order valence-electron chi connectivity index (χ1n) is 12.0. The van der Waals surface area contributed by atoms with Crippen LogP contribution in [0.2, 0.25) is 0 Å². The third kappa shape index (κ3) is 6.25. The lowest BCUT2D eigenvalue weighted by molar-refractivity contribution is -0.147. The first-order valence-corrected chi connectivity index (χ1v) is 12.0. The van der Waals surface area contributed by atoms with E-state index >= 15 is 0 Å². The van der Waals surface area contributed by atoms with Crippen molar-refractivity contribution in [3.8, 4) is 17.2 Å². The van der Waals surface area contributed by atoms with Gasteiger partial charge in [-0.3, -0.25) is 9.59 Å². The third-order valence-corrected chi connectivity index (χ3v) is 5.61. The molecular weight excluding hydrogens is 533 g/mol. The smallest absolute Gasteiger partial charge is 0.434 e. The number of hydrogen-bond acceptors (Lipinski definition) is 7. The van der Waals surface area contributed by atoms with Crippen molar-refractivity contribution in [3.63, 3.8) is 0 Å². The van der Waals surface area contributed by atoms with E-state index in [0.717, 1.165) is 6.20 Å². The Balaban J connectivity index is 1.65. The highest BCUT2D eigenvalue weighted by molar-refractivity contribution is 6.05. The topological polar surface area (TPSA) is 125 Å². The van der Waals surface area contributed by atoms with Gasteiger partial charge in [0.25, 0.3) is 11.5 Å². The molecule has 0 spiro atoms. The molecule has 0 bridgehead atoms. The number of carbonyl (C=O) groups is 2.